The minimum atomic E-state index is -0.0134. The zero-order valence-corrected chi connectivity index (χ0v) is 9.87. The molecule has 0 fully saturated rings. The molecule has 0 amide bonds. The molecule has 0 atom stereocenters. The fraction of sp³-hybridized carbons (Fsp3) is 0.250. The zero-order chi connectivity index (χ0) is 12.5. The Morgan fingerprint density at radius 1 is 1.44 bits per heavy atom. The van der Waals surface area contributed by atoms with E-state index in [1.165, 1.54) is 0 Å². The Morgan fingerprint density at radius 2 is 2.33 bits per heavy atom. The second-order valence-corrected chi connectivity index (χ2v) is 4.04. The predicted octanol–water partition coefficient (Wildman–Crippen LogP) is 1.27. The molecule has 0 spiro atoms. The summed E-state index contributed by atoms with van der Waals surface area (Å²) in [5.41, 5.74) is 1.65. The Bertz CT molecular complexity index is 686. The van der Waals surface area contributed by atoms with E-state index in [2.05, 4.69) is 15.1 Å². The van der Waals surface area contributed by atoms with Crippen LogP contribution in [-0.2, 0) is 13.2 Å². The average molecular weight is 244 g/mol. The second kappa shape index (κ2) is 4.23. The van der Waals surface area contributed by atoms with Crippen LogP contribution in [0.25, 0.3) is 11.0 Å². The van der Waals surface area contributed by atoms with Crippen molar-refractivity contribution >= 4 is 11.0 Å². The molecule has 0 aromatic carbocycles. The van der Waals surface area contributed by atoms with E-state index in [0.29, 0.717) is 18.3 Å². The molecule has 0 aliphatic heterocycles. The van der Waals surface area contributed by atoms with Crippen LogP contribution in [0.4, 0.5) is 0 Å². The summed E-state index contributed by atoms with van der Waals surface area (Å²) >= 11 is 0. The Balaban J connectivity index is 2.06. The number of hydrogen-bond donors (Lipinski definition) is 1. The first-order valence-electron chi connectivity index (χ1n) is 5.60. The monoisotopic (exact) mass is 244 g/mol. The first-order chi connectivity index (χ1) is 8.78. The topological polar surface area (TPSA) is 77.0 Å². The Hall–Kier alpha value is -2.21. The molecule has 0 saturated heterocycles. The summed E-state index contributed by atoms with van der Waals surface area (Å²) in [6.45, 7) is 2.22. The molecule has 1 N–H and O–H groups in total. The lowest BCUT2D eigenvalue weighted by atomic mass is 10.2. The van der Waals surface area contributed by atoms with Crippen molar-refractivity contribution < 1.29 is 9.63 Å². The van der Waals surface area contributed by atoms with Crippen LogP contribution in [0.5, 0.6) is 0 Å². The number of nitrogens with zero attached hydrogens (tertiary/aromatic N) is 4. The van der Waals surface area contributed by atoms with Gasteiger partial charge in [-0.3, -0.25) is 0 Å². The third-order valence-electron chi connectivity index (χ3n) is 2.77. The molecule has 3 heterocycles. The van der Waals surface area contributed by atoms with Gasteiger partial charge in [-0.25, -0.2) is 4.98 Å². The summed E-state index contributed by atoms with van der Waals surface area (Å²) in [4.78, 5) is 8.48. The molecule has 0 radical (unpaired) electrons. The van der Waals surface area contributed by atoms with E-state index in [9.17, 15) is 5.11 Å². The molecule has 0 saturated carbocycles. The fourth-order valence-corrected chi connectivity index (χ4v) is 2.00. The molecule has 3 rings (SSSR count). The highest BCUT2D eigenvalue weighted by Crippen LogP contribution is 2.19. The molecular formula is C12H12N4O2. The molecule has 18 heavy (non-hydrogen) atoms. The molecule has 6 nitrogen and oxygen atoms in total. The van der Waals surface area contributed by atoms with Crippen molar-refractivity contribution in [1.82, 2.24) is 19.7 Å². The minimum absolute atomic E-state index is 0.0134. The highest BCUT2D eigenvalue weighted by molar-refractivity contribution is 5.80. The van der Waals surface area contributed by atoms with Gasteiger partial charge in [0.1, 0.15) is 5.65 Å². The van der Waals surface area contributed by atoms with Crippen LogP contribution in [0.3, 0.4) is 0 Å². The van der Waals surface area contributed by atoms with Crippen molar-refractivity contribution in [2.75, 3.05) is 0 Å². The Morgan fingerprint density at radius 3 is 3.06 bits per heavy atom. The summed E-state index contributed by atoms with van der Waals surface area (Å²) in [5.74, 6) is 1.14. The normalized spacial score (nSPS) is 11.2. The van der Waals surface area contributed by atoms with Gasteiger partial charge >= 0.3 is 0 Å². The molecule has 92 valence electrons. The summed E-state index contributed by atoms with van der Waals surface area (Å²) in [6, 6.07) is 3.79. The van der Waals surface area contributed by atoms with Crippen molar-refractivity contribution in [3.05, 3.63) is 41.8 Å². The molecule has 0 bridgehead atoms. The minimum Gasteiger partial charge on any atom is -0.392 e. The molecule has 0 aliphatic rings. The van der Waals surface area contributed by atoms with E-state index in [0.717, 1.165) is 16.6 Å². The van der Waals surface area contributed by atoms with Gasteiger partial charge in [-0.05, 0) is 12.1 Å². The van der Waals surface area contributed by atoms with Gasteiger partial charge in [-0.2, -0.15) is 4.98 Å². The van der Waals surface area contributed by atoms with Gasteiger partial charge in [0, 0.05) is 30.3 Å². The van der Waals surface area contributed by atoms with E-state index in [4.69, 9.17) is 4.52 Å². The molecule has 3 aromatic heterocycles. The number of rotatable bonds is 3. The first kappa shape index (κ1) is 10.9. The maximum atomic E-state index is 9.33. The van der Waals surface area contributed by atoms with E-state index in [-0.39, 0.29) is 6.61 Å². The van der Waals surface area contributed by atoms with Crippen LogP contribution in [0.2, 0.25) is 0 Å². The number of aliphatic hydroxyl groups excluding tert-OH is 1. The Labute approximate surface area is 103 Å². The third kappa shape index (κ3) is 1.76. The predicted molar refractivity (Wildman–Crippen MR) is 63.8 cm³/mol. The second-order valence-electron chi connectivity index (χ2n) is 4.04. The number of fused-ring (bicyclic) bond motifs is 1. The van der Waals surface area contributed by atoms with Crippen LogP contribution >= 0.6 is 0 Å². The van der Waals surface area contributed by atoms with Crippen molar-refractivity contribution in [1.29, 1.82) is 0 Å². The van der Waals surface area contributed by atoms with Crippen LogP contribution in [0, 0.1) is 6.92 Å². The highest BCUT2D eigenvalue weighted by atomic mass is 16.5. The van der Waals surface area contributed by atoms with Crippen LogP contribution in [0.15, 0.2) is 29.0 Å². The largest absolute Gasteiger partial charge is 0.392 e. The van der Waals surface area contributed by atoms with Gasteiger partial charge in [0.2, 0.25) is 5.89 Å². The Kier molecular flexibility index (Phi) is 2.56. The van der Waals surface area contributed by atoms with E-state index >= 15 is 0 Å². The van der Waals surface area contributed by atoms with E-state index in [1.54, 1.807) is 13.1 Å². The van der Waals surface area contributed by atoms with E-state index in [1.807, 2.05) is 22.9 Å². The number of hydrogen-bond acceptors (Lipinski definition) is 5. The smallest absolute Gasteiger partial charge is 0.223 e. The molecule has 3 aromatic rings. The maximum absolute atomic E-state index is 9.33. The fourth-order valence-electron chi connectivity index (χ4n) is 2.00. The zero-order valence-electron chi connectivity index (χ0n) is 9.87. The summed E-state index contributed by atoms with van der Waals surface area (Å²) in [6.07, 6.45) is 3.59. The van der Waals surface area contributed by atoms with Crippen molar-refractivity contribution in [3.63, 3.8) is 0 Å². The van der Waals surface area contributed by atoms with Gasteiger partial charge < -0.3 is 14.2 Å². The summed E-state index contributed by atoms with van der Waals surface area (Å²) in [7, 11) is 0. The first-order valence-corrected chi connectivity index (χ1v) is 5.60. The standard InChI is InChI=1S/C12H12N4O2/c1-8-14-11(15-18-8)6-16-5-9(7-17)10-3-2-4-13-12(10)16/h2-5,17H,6-7H2,1H3. The lowest BCUT2D eigenvalue weighted by Gasteiger charge is -1.99. The van der Waals surface area contributed by atoms with Gasteiger partial charge in [-0.1, -0.05) is 5.16 Å². The van der Waals surface area contributed by atoms with Crippen LogP contribution in [0.1, 0.15) is 17.3 Å². The van der Waals surface area contributed by atoms with E-state index < -0.39 is 0 Å². The average Bonchev–Trinajstić information content (AvgIpc) is 2.95. The van der Waals surface area contributed by atoms with Crippen molar-refractivity contribution in [3.8, 4) is 0 Å². The van der Waals surface area contributed by atoms with Gasteiger partial charge in [0.25, 0.3) is 0 Å². The lowest BCUT2D eigenvalue weighted by Crippen LogP contribution is -2.00. The lowest BCUT2D eigenvalue weighted by molar-refractivity contribution is 0.283. The highest BCUT2D eigenvalue weighted by Gasteiger charge is 2.11. The molecule has 0 unspecified atom stereocenters. The number of aryl methyl sites for hydroxylation is 1. The summed E-state index contributed by atoms with van der Waals surface area (Å²) in [5, 5.41) is 14.1. The summed E-state index contributed by atoms with van der Waals surface area (Å²) < 4.78 is 6.85. The quantitative estimate of drug-likeness (QED) is 0.750. The molecular weight excluding hydrogens is 232 g/mol. The number of pyridine rings is 1. The number of aromatic nitrogens is 4. The van der Waals surface area contributed by atoms with Crippen LogP contribution < -0.4 is 0 Å². The molecule has 6 heteroatoms. The van der Waals surface area contributed by atoms with Gasteiger partial charge in [-0.15, -0.1) is 0 Å². The van der Waals surface area contributed by atoms with Crippen molar-refractivity contribution in [2.45, 2.75) is 20.1 Å². The van der Waals surface area contributed by atoms with Gasteiger partial charge in [0.05, 0.1) is 13.2 Å². The van der Waals surface area contributed by atoms with Gasteiger partial charge in [0.15, 0.2) is 5.82 Å². The van der Waals surface area contributed by atoms with Crippen molar-refractivity contribution in [2.24, 2.45) is 0 Å². The SMILES string of the molecule is Cc1nc(Cn2cc(CO)c3cccnc32)no1. The number of aliphatic hydroxyl groups is 1. The van der Waals surface area contributed by atoms with Crippen LogP contribution in [-0.4, -0.2) is 24.8 Å². The third-order valence-corrected chi connectivity index (χ3v) is 2.77. The maximum Gasteiger partial charge on any atom is 0.223 e. The molecule has 0 aliphatic carbocycles.